The van der Waals surface area contributed by atoms with E-state index in [1.54, 1.807) is 24.4 Å². The van der Waals surface area contributed by atoms with Crippen LogP contribution in [-0.2, 0) is 4.79 Å². The van der Waals surface area contributed by atoms with Crippen molar-refractivity contribution in [2.24, 2.45) is 5.92 Å². The normalized spacial score (nSPS) is 13.6. The molecule has 7 heteroatoms. The zero-order valence-electron chi connectivity index (χ0n) is 11.7. The highest BCUT2D eigenvalue weighted by Gasteiger charge is 2.26. The third-order valence-electron chi connectivity index (χ3n) is 3.23. The zero-order valence-corrected chi connectivity index (χ0v) is 12.5. The van der Waals surface area contributed by atoms with Gasteiger partial charge in [-0.1, -0.05) is 20.3 Å². The third kappa shape index (κ3) is 3.49. The molecule has 0 aliphatic carbocycles. The summed E-state index contributed by atoms with van der Waals surface area (Å²) in [7, 11) is 0. The van der Waals surface area contributed by atoms with E-state index in [-0.39, 0.29) is 11.6 Å². The molecule has 0 radical (unpaired) electrons. The van der Waals surface area contributed by atoms with E-state index in [1.165, 1.54) is 17.6 Å². The van der Waals surface area contributed by atoms with Crippen molar-refractivity contribution in [3.05, 3.63) is 29.5 Å². The largest absolute Gasteiger partial charge is 0.480 e. The number of furan rings is 1. The molecule has 0 aliphatic heterocycles. The number of aliphatic carboxylic acids is 1. The Morgan fingerprint density at radius 1 is 1.52 bits per heavy atom. The molecule has 0 unspecified atom stereocenters. The Labute approximate surface area is 125 Å². The number of aromatic nitrogens is 1. The van der Waals surface area contributed by atoms with E-state index in [1.807, 2.05) is 6.92 Å². The maximum Gasteiger partial charge on any atom is 0.326 e. The van der Waals surface area contributed by atoms with Crippen LogP contribution in [-0.4, -0.2) is 28.0 Å². The first-order valence-electron chi connectivity index (χ1n) is 6.56. The molecule has 0 fully saturated rings. The Balaban J connectivity index is 2.11. The number of nitrogens with zero attached hydrogens (tertiary/aromatic N) is 1. The number of carbonyl (C=O) groups excluding carboxylic acids is 1. The Hall–Kier alpha value is -2.15. The van der Waals surface area contributed by atoms with Crippen LogP contribution >= 0.6 is 11.3 Å². The van der Waals surface area contributed by atoms with Crippen molar-refractivity contribution in [1.29, 1.82) is 0 Å². The molecule has 2 heterocycles. The molecule has 2 aromatic rings. The lowest BCUT2D eigenvalue weighted by molar-refractivity contribution is -0.140. The molecule has 0 aromatic carbocycles. The second kappa shape index (κ2) is 6.53. The summed E-state index contributed by atoms with van der Waals surface area (Å²) in [4.78, 5) is 27.5. The number of carboxylic acids is 1. The van der Waals surface area contributed by atoms with Crippen LogP contribution in [0.25, 0.3) is 10.8 Å². The summed E-state index contributed by atoms with van der Waals surface area (Å²) in [5.74, 6) is -1.11. The molecule has 0 saturated heterocycles. The molecule has 2 atom stereocenters. The first kappa shape index (κ1) is 15.2. The third-order valence-corrected chi connectivity index (χ3v) is 4.09. The molecule has 0 spiro atoms. The molecule has 6 nitrogen and oxygen atoms in total. The average Bonchev–Trinajstić information content (AvgIpc) is 3.12. The number of hydrogen-bond acceptors (Lipinski definition) is 5. The number of rotatable bonds is 6. The van der Waals surface area contributed by atoms with E-state index in [4.69, 9.17) is 4.42 Å². The Kier molecular flexibility index (Phi) is 4.74. The number of hydrogen-bond donors (Lipinski definition) is 2. The first-order chi connectivity index (χ1) is 10.0. The van der Waals surface area contributed by atoms with Gasteiger partial charge in [0, 0.05) is 5.38 Å². The van der Waals surface area contributed by atoms with Gasteiger partial charge in [0.25, 0.3) is 5.91 Å². The summed E-state index contributed by atoms with van der Waals surface area (Å²) < 4.78 is 5.21. The summed E-state index contributed by atoms with van der Waals surface area (Å²) >= 11 is 1.27. The van der Waals surface area contributed by atoms with E-state index < -0.39 is 17.9 Å². The summed E-state index contributed by atoms with van der Waals surface area (Å²) in [5.41, 5.74) is 0.195. The molecule has 0 bridgehead atoms. The number of amides is 1. The number of carbonyl (C=O) groups is 2. The predicted molar refractivity (Wildman–Crippen MR) is 78.2 cm³/mol. The molecule has 2 rings (SSSR count). The highest BCUT2D eigenvalue weighted by Crippen LogP contribution is 2.24. The van der Waals surface area contributed by atoms with Gasteiger partial charge < -0.3 is 14.8 Å². The van der Waals surface area contributed by atoms with Crippen molar-refractivity contribution < 1.29 is 19.1 Å². The van der Waals surface area contributed by atoms with Gasteiger partial charge in [0.1, 0.15) is 11.7 Å². The van der Waals surface area contributed by atoms with Gasteiger partial charge in [-0.2, -0.15) is 0 Å². The Morgan fingerprint density at radius 2 is 2.29 bits per heavy atom. The molecular formula is C14H16N2O4S. The molecule has 21 heavy (non-hydrogen) atoms. The van der Waals surface area contributed by atoms with Gasteiger partial charge in [-0.05, 0) is 18.1 Å². The van der Waals surface area contributed by atoms with E-state index in [0.29, 0.717) is 17.2 Å². The van der Waals surface area contributed by atoms with Gasteiger partial charge in [0.15, 0.2) is 10.8 Å². The topological polar surface area (TPSA) is 92.4 Å². The van der Waals surface area contributed by atoms with E-state index in [2.05, 4.69) is 10.3 Å². The quantitative estimate of drug-likeness (QED) is 0.855. The van der Waals surface area contributed by atoms with E-state index >= 15 is 0 Å². The van der Waals surface area contributed by atoms with Crippen molar-refractivity contribution in [2.45, 2.75) is 26.3 Å². The summed E-state index contributed by atoms with van der Waals surface area (Å²) in [6.07, 6.45) is 2.19. The SMILES string of the molecule is CC[C@H](C)[C@H](NC(=O)c1csc(-c2ccco2)n1)C(=O)O. The molecular weight excluding hydrogens is 292 g/mol. The minimum atomic E-state index is -1.04. The smallest absolute Gasteiger partial charge is 0.326 e. The summed E-state index contributed by atoms with van der Waals surface area (Å²) in [6, 6.07) is 2.57. The van der Waals surface area contributed by atoms with Gasteiger partial charge in [0.2, 0.25) is 0 Å². The molecule has 1 amide bonds. The summed E-state index contributed by atoms with van der Waals surface area (Å²) in [6.45, 7) is 3.67. The second-order valence-electron chi connectivity index (χ2n) is 4.69. The minimum Gasteiger partial charge on any atom is -0.480 e. The van der Waals surface area contributed by atoms with Gasteiger partial charge in [-0.25, -0.2) is 9.78 Å². The molecule has 2 aromatic heterocycles. The highest BCUT2D eigenvalue weighted by atomic mass is 32.1. The average molecular weight is 308 g/mol. The van der Waals surface area contributed by atoms with Crippen LogP contribution in [0.3, 0.4) is 0 Å². The van der Waals surface area contributed by atoms with Crippen LogP contribution in [0.2, 0.25) is 0 Å². The van der Waals surface area contributed by atoms with Crippen LogP contribution in [0, 0.1) is 5.92 Å². The van der Waals surface area contributed by atoms with Crippen LogP contribution in [0.1, 0.15) is 30.8 Å². The van der Waals surface area contributed by atoms with Gasteiger partial charge in [-0.3, -0.25) is 4.79 Å². The Morgan fingerprint density at radius 3 is 2.86 bits per heavy atom. The standard InChI is InChI=1S/C14H16N2O4S/c1-3-8(2)11(14(18)19)16-12(17)9-7-21-13(15-9)10-5-4-6-20-10/h4-8,11H,3H2,1-2H3,(H,16,17)(H,18,19)/t8-,11-/m0/s1. The highest BCUT2D eigenvalue weighted by molar-refractivity contribution is 7.13. The van der Waals surface area contributed by atoms with Crippen LogP contribution in [0.15, 0.2) is 28.2 Å². The van der Waals surface area contributed by atoms with Crippen molar-refractivity contribution in [3.8, 4) is 10.8 Å². The van der Waals surface area contributed by atoms with Gasteiger partial charge in [-0.15, -0.1) is 11.3 Å². The number of nitrogens with one attached hydrogen (secondary N) is 1. The van der Waals surface area contributed by atoms with Crippen LogP contribution in [0.5, 0.6) is 0 Å². The minimum absolute atomic E-state index is 0.158. The molecule has 0 aliphatic rings. The summed E-state index contributed by atoms with van der Waals surface area (Å²) in [5, 5.41) is 13.9. The number of thiazole rings is 1. The predicted octanol–water partition coefficient (Wildman–Crippen LogP) is 2.63. The lowest BCUT2D eigenvalue weighted by atomic mass is 9.99. The molecule has 0 saturated carbocycles. The van der Waals surface area contributed by atoms with Crippen LogP contribution in [0.4, 0.5) is 0 Å². The van der Waals surface area contributed by atoms with E-state index in [0.717, 1.165) is 0 Å². The van der Waals surface area contributed by atoms with Crippen molar-refractivity contribution >= 4 is 23.2 Å². The fourth-order valence-electron chi connectivity index (χ4n) is 1.79. The Bertz CT molecular complexity index is 621. The first-order valence-corrected chi connectivity index (χ1v) is 7.44. The zero-order chi connectivity index (χ0) is 15.4. The van der Waals surface area contributed by atoms with Gasteiger partial charge in [0.05, 0.1) is 6.26 Å². The fourth-order valence-corrected chi connectivity index (χ4v) is 2.56. The lowest BCUT2D eigenvalue weighted by Gasteiger charge is -2.19. The van der Waals surface area contributed by atoms with Crippen LogP contribution < -0.4 is 5.32 Å². The molecule has 2 N–H and O–H groups in total. The fraction of sp³-hybridized carbons (Fsp3) is 0.357. The second-order valence-corrected chi connectivity index (χ2v) is 5.55. The maximum atomic E-state index is 12.1. The number of carboxylic acid groups (broad SMARTS) is 1. The lowest BCUT2D eigenvalue weighted by Crippen LogP contribution is -2.45. The van der Waals surface area contributed by atoms with Crippen molar-refractivity contribution in [3.63, 3.8) is 0 Å². The van der Waals surface area contributed by atoms with E-state index in [9.17, 15) is 14.7 Å². The van der Waals surface area contributed by atoms with Gasteiger partial charge >= 0.3 is 5.97 Å². The van der Waals surface area contributed by atoms with Crippen molar-refractivity contribution in [2.75, 3.05) is 0 Å². The van der Waals surface area contributed by atoms with Crippen molar-refractivity contribution in [1.82, 2.24) is 10.3 Å². The molecule has 112 valence electrons. The monoisotopic (exact) mass is 308 g/mol. The maximum absolute atomic E-state index is 12.1.